The number of amides is 2. The molecule has 0 radical (unpaired) electrons. The number of benzene rings is 1. The van der Waals surface area contributed by atoms with Crippen molar-refractivity contribution in [1.82, 2.24) is 9.88 Å². The highest BCUT2D eigenvalue weighted by atomic mass is 19.1. The number of hydrogen-bond acceptors (Lipinski definition) is 2. The van der Waals surface area contributed by atoms with Crippen LogP contribution in [0.2, 0.25) is 0 Å². The Kier molecular flexibility index (Phi) is 4.79. The highest BCUT2D eigenvalue weighted by Crippen LogP contribution is 2.36. The smallest absolute Gasteiger partial charge is 0.270 e. The van der Waals surface area contributed by atoms with Gasteiger partial charge in [0.05, 0.1) is 11.2 Å². The number of fused-ring (bicyclic) bond motifs is 1. The van der Waals surface area contributed by atoms with Crippen molar-refractivity contribution < 1.29 is 14.0 Å². The lowest BCUT2D eigenvalue weighted by Gasteiger charge is -2.18. The third kappa shape index (κ3) is 3.25. The second-order valence-electron chi connectivity index (χ2n) is 7.01. The molecule has 0 saturated carbocycles. The zero-order chi connectivity index (χ0) is 18.1. The Morgan fingerprint density at radius 3 is 2.76 bits per heavy atom. The summed E-state index contributed by atoms with van der Waals surface area (Å²) in [6.45, 7) is 5.32. The van der Waals surface area contributed by atoms with Gasteiger partial charge in [0.2, 0.25) is 5.91 Å². The Labute approximate surface area is 146 Å². The van der Waals surface area contributed by atoms with Gasteiger partial charge in [-0.15, -0.1) is 0 Å². The number of nitrogens with one attached hydrogen (secondary N) is 1. The summed E-state index contributed by atoms with van der Waals surface area (Å²) in [5.41, 5.74) is 1.69. The number of rotatable bonds is 5. The molecule has 0 bridgehead atoms. The first-order chi connectivity index (χ1) is 11.9. The molecule has 3 rings (SSSR count). The topological polar surface area (TPSA) is 54.3 Å². The van der Waals surface area contributed by atoms with Gasteiger partial charge in [0.15, 0.2) is 0 Å². The monoisotopic (exact) mass is 345 g/mol. The summed E-state index contributed by atoms with van der Waals surface area (Å²) in [4.78, 5) is 26.7. The van der Waals surface area contributed by atoms with Gasteiger partial charge in [0, 0.05) is 31.9 Å². The van der Waals surface area contributed by atoms with Gasteiger partial charge in [-0.3, -0.25) is 9.59 Å². The average Bonchev–Trinajstić information content (AvgIpc) is 3.08. The van der Waals surface area contributed by atoms with E-state index in [1.807, 2.05) is 0 Å². The summed E-state index contributed by atoms with van der Waals surface area (Å²) in [5, 5.41) is 3.54. The summed E-state index contributed by atoms with van der Waals surface area (Å²) in [6.07, 6.45) is 2.08. The van der Waals surface area contributed by atoms with Crippen molar-refractivity contribution in [2.24, 2.45) is 13.0 Å². The van der Waals surface area contributed by atoms with E-state index < -0.39 is 0 Å². The molecule has 2 aromatic rings. The van der Waals surface area contributed by atoms with E-state index in [4.69, 9.17) is 0 Å². The Morgan fingerprint density at radius 1 is 1.36 bits per heavy atom. The lowest BCUT2D eigenvalue weighted by molar-refractivity contribution is -0.117. The molecule has 1 N–H and O–H groups in total. The largest absolute Gasteiger partial charge is 0.351 e. The molecule has 0 spiro atoms. The van der Waals surface area contributed by atoms with Crippen LogP contribution in [0.25, 0.3) is 10.9 Å². The number of nitrogens with zero attached hydrogens (tertiary/aromatic N) is 2. The minimum Gasteiger partial charge on any atom is -0.351 e. The van der Waals surface area contributed by atoms with Gasteiger partial charge < -0.3 is 14.8 Å². The van der Waals surface area contributed by atoms with Crippen molar-refractivity contribution in [1.29, 1.82) is 0 Å². The van der Waals surface area contributed by atoms with Crippen molar-refractivity contribution in [2.75, 3.05) is 18.0 Å². The SMILES string of the molecule is CC(C)CCNC(=O)c1c(N2CCCC2=O)c2cc(F)ccc2n1C. The lowest BCUT2D eigenvalue weighted by Crippen LogP contribution is -2.31. The molecule has 1 saturated heterocycles. The predicted molar refractivity (Wildman–Crippen MR) is 96.3 cm³/mol. The highest BCUT2D eigenvalue weighted by Gasteiger charge is 2.31. The van der Waals surface area contributed by atoms with Crippen molar-refractivity contribution in [3.63, 3.8) is 0 Å². The predicted octanol–water partition coefficient (Wildman–Crippen LogP) is 3.22. The molecule has 134 valence electrons. The van der Waals surface area contributed by atoms with E-state index >= 15 is 0 Å². The summed E-state index contributed by atoms with van der Waals surface area (Å²) >= 11 is 0. The number of carbonyl (C=O) groups is 2. The van der Waals surface area contributed by atoms with Crippen LogP contribution in [-0.4, -0.2) is 29.5 Å². The number of hydrogen-bond donors (Lipinski definition) is 1. The van der Waals surface area contributed by atoms with Crippen LogP contribution in [0.1, 0.15) is 43.6 Å². The molecule has 0 aliphatic carbocycles. The molecule has 2 amide bonds. The van der Waals surface area contributed by atoms with E-state index in [1.54, 1.807) is 22.6 Å². The van der Waals surface area contributed by atoms with Crippen LogP contribution >= 0.6 is 0 Å². The molecular weight excluding hydrogens is 321 g/mol. The maximum atomic E-state index is 13.8. The molecule has 5 nitrogen and oxygen atoms in total. The first-order valence-corrected chi connectivity index (χ1v) is 8.76. The molecular formula is C19H24FN3O2. The molecule has 0 unspecified atom stereocenters. The van der Waals surface area contributed by atoms with Gasteiger partial charge in [0.1, 0.15) is 11.5 Å². The van der Waals surface area contributed by atoms with Crippen LogP contribution < -0.4 is 10.2 Å². The molecule has 2 heterocycles. The van der Waals surface area contributed by atoms with Gasteiger partial charge in [-0.1, -0.05) is 13.8 Å². The van der Waals surface area contributed by atoms with Crippen molar-refractivity contribution in [2.45, 2.75) is 33.1 Å². The molecule has 1 aromatic carbocycles. The van der Waals surface area contributed by atoms with E-state index in [2.05, 4.69) is 19.2 Å². The summed E-state index contributed by atoms with van der Waals surface area (Å²) < 4.78 is 15.6. The van der Waals surface area contributed by atoms with Crippen LogP contribution in [-0.2, 0) is 11.8 Å². The Morgan fingerprint density at radius 2 is 2.12 bits per heavy atom. The van der Waals surface area contributed by atoms with E-state index in [0.717, 1.165) is 18.4 Å². The number of anilines is 1. The van der Waals surface area contributed by atoms with Crippen LogP contribution in [0.5, 0.6) is 0 Å². The Bertz CT molecular complexity index is 826. The van der Waals surface area contributed by atoms with Crippen LogP contribution in [0.4, 0.5) is 10.1 Å². The van der Waals surface area contributed by atoms with E-state index in [9.17, 15) is 14.0 Å². The second kappa shape index (κ2) is 6.86. The van der Waals surface area contributed by atoms with Gasteiger partial charge in [-0.2, -0.15) is 0 Å². The van der Waals surface area contributed by atoms with Crippen LogP contribution in [0.3, 0.4) is 0 Å². The third-order valence-corrected chi connectivity index (χ3v) is 4.70. The molecule has 1 fully saturated rings. The van der Waals surface area contributed by atoms with Gasteiger partial charge in [-0.05, 0) is 37.0 Å². The maximum absolute atomic E-state index is 13.8. The standard InChI is InChI=1S/C19H24FN3O2/c1-12(2)8-9-21-19(25)18-17(23-10-4-5-16(23)24)14-11-13(20)6-7-15(14)22(18)3/h6-7,11-12H,4-5,8-10H2,1-3H3,(H,21,25). The molecule has 1 aromatic heterocycles. The number of aromatic nitrogens is 1. The number of aryl methyl sites for hydroxylation is 1. The molecule has 0 atom stereocenters. The van der Waals surface area contributed by atoms with E-state index in [-0.39, 0.29) is 17.6 Å². The third-order valence-electron chi connectivity index (χ3n) is 4.70. The molecule has 1 aliphatic heterocycles. The molecule has 1 aliphatic rings. The Hall–Kier alpha value is -2.37. The Balaban J connectivity index is 2.08. The fourth-order valence-electron chi connectivity index (χ4n) is 3.37. The number of halogens is 1. The number of carbonyl (C=O) groups excluding carboxylic acids is 2. The fraction of sp³-hybridized carbons (Fsp3) is 0.474. The van der Waals surface area contributed by atoms with Gasteiger partial charge in [0.25, 0.3) is 5.91 Å². The van der Waals surface area contributed by atoms with Crippen molar-refractivity contribution >= 4 is 28.4 Å². The minimum absolute atomic E-state index is 0.0204. The van der Waals surface area contributed by atoms with Crippen molar-refractivity contribution in [3.8, 4) is 0 Å². The quantitative estimate of drug-likeness (QED) is 0.905. The summed E-state index contributed by atoms with van der Waals surface area (Å²) in [6, 6.07) is 4.43. The first-order valence-electron chi connectivity index (χ1n) is 8.76. The normalized spacial score (nSPS) is 14.8. The summed E-state index contributed by atoms with van der Waals surface area (Å²) in [7, 11) is 1.78. The summed E-state index contributed by atoms with van der Waals surface area (Å²) in [5.74, 6) is -0.137. The maximum Gasteiger partial charge on any atom is 0.270 e. The zero-order valence-corrected chi connectivity index (χ0v) is 14.9. The highest BCUT2D eigenvalue weighted by molar-refractivity contribution is 6.14. The zero-order valence-electron chi connectivity index (χ0n) is 14.9. The average molecular weight is 345 g/mol. The first kappa shape index (κ1) is 17.5. The van der Waals surface area contributed by atoms with Gasteiger partial charge in [-0.25, -0.2) is 4.39 Å². The molecule has 6 heteroatoms. The lowest BCUT2D eigenvalue weighted by atomic mass is 10.1. The van der Waals surface area contributed by atoms with Crippen molar-refractivity contribution in [3.05, 3.63) is 29.7 Å². The second-order valence-corrected chi connectivity index (χ2v) is 7.01. The van der Waals surface area contributed by atoms with E-state index in [0.29, 0.717) is 42.2 Å². The minimum atomic E-state index is -0.377. The van der Waals surface area contributed by atoms with Crippen LogP contribution in [0.15, 0.2) is 18.2 Å². The van der Waals surface area contributed by atoms with E-state index in [1.165, 1.54) is 12.1 Å². The molecule has 25 heavy (non-hydrogen) atoms. The van der Waals surface area contributed by atoms with Gasteiger partial charge >= 0.3 is 0 Å². The van der Waals surface area contributed by atoms with Crippen LogP contribution in [0, 0.1) is 11.7 Å². The fourth-order valence-corrected chi connectivity index (χ4v) is 3.37.